The van der Waals surface area contributed by atoms with Crippen molar-refractivity contribution < 1.29 is 89.4 Å². The Morgan fingerprint density at radius 3 is 1.05 bits per heavy atom. The molecule has 3 heterocycles. The minimum Gasteiger partial charge on any atom is -0.394 e. The van der Waals surface area contributed by atoms with E-state index in [1.54, 1.807) is 6.08 Å². The van der Waals surface area contributed by atoms with Crippen LogP contribution in [0.1, 0.15) is 335 Å². The van der Waals surface area contributed by atoms with Gasteiger partial charge in [0.1, 0.15) is 73.2 Å². The predicted octanol–water partition coefficient (Wildman–Crippen LogP) is 14.1. The Bertz CT molecular complexity index is 2010. The van der Waals surface area contributed by atoms with Crippen molar-refractivity contribution in [2.75, 3.05) is 26.4 Å². The van der Waals surface area contributed by atoms with Crippen LogP contribution in [0.15, 0.2) is 48.6 Å². The molecular weight excluding hydrogens is 1290 g/mol. The highest BCUT2D eigenvalue weighted by Gasteiger charge is 2.54. The Balaban J connectivity index is 1.30. The van der Waals surface area contributed by atoms with Gasteiger partial charge >= 0.3 is 0 Å². The Morgan fingerprint density at radius 2 is 0.663 bits per heavy atom. The maximum Gasteiger partial charge on any atom is 0.220 e. The normalized spacial score (nSPS) is 26.5. The summed E-state index contributed by atoms with van der Waals surface area (Å²) in [7, 11) is 0. The first-order chi connectivity index (χ1) is 49.3. The van der Waals surface area contributed by atoms with E-state index >= 15 is 0 Å². The van der Waals surface area contributed by atoms with Crippen molar-refractivity contribution in [1.29, 1.82) is 0 Å². The minimum atomic E-state index is -1.98. The Hall–Kier alpha value is -2.25. The van der Waals surface area contributed by atoms with Crippen LogP contribution in [0, 0.1) is 0 Å². The van der Waals surface area contributed by atoms with Crippen molar-refractivity contribution in [2.24, 2.45) is 0 Å². The molecule has 592 valence electrons. The van der Waals surface area contributed by atoms with E-state index in [1.807, 2.05) is 6.08 Å². The summed E-state index contributed by atoms with van der Waals surface area (Å²) < 4.78 is 34.4. The van der Waals surface area contributed by atoms with E-state index in [1.165, 1.54) is 257 Å². The number of hydrogen-bond donors (Lipinski definition) is 12. The Kier molecular flexibility index (Phi) is 57.8. The summed E-state index contributed by atoms with van der Waals surface area (Å²) in [6.45, 7) is 1.74. The Morgan fingerprint density at radius 1 is 0.356 bits per heavy atom. The van der Waals surface area contributed by atoms with E-state index in [9.17, 15) is 61.0 Å². The summed E-state index contributed by atoms with van der Waals surface area (Å²) in [5, 5.41) is 121. The smallest absolute Gasteiger partial charge is 0.220 e. The van der Waals surface area contributed by atoms with Gasteiger partial charge in [-0.15, -0.1) is 0 Å². The van der Waals surface area contributed by atoms with Crippen LogP contribution in [0.2, 0.25) is 0 Å². The molecule has 3 aliphatic heterocycles. The number of rotatable bonds is 66. The fraction of sp³-hybridized carbons (Fsp3) is 0.890. The van der Waals surface area contributed by atoms with Gasteiger partial charge in [0.25, 0.3) is 0 Å². The molecule has 0 aromatic rings. The molecule has 17 atom stereocenters. The number of carbonyl (C=O) groups excluding carboxylic acids is 1. The van der Waals surface area contributed by atoms with Crippen LogP contribution >= 0.6 is 0 Å². The molecule has 0 aliphatic carbocycles. The molecule has 3 rings (SSSR count). The van der Waals surface area contributed by atoms with E-state index in [-0.39, 0.29) is 18.9 Å². The van der Waals surface area contributed by atoms with Gasteiger partial charge in [-0.05, 0) is 64.2 Å². The summed E-state index contributed by atoms with van der Waals surface area (Å²) in [4.78, 5) is 13.5. The molecule has 101 heavy (non-hydrogen) atoms. The van der Waals surface area contributed by atoms with Crippen LogP contribution in [0.3, 0.4) is 0 Å². The third-order valence-corrected chi connectivity index (χ3v) is 20.6. The average molecular weight is 1440 g/mol. The minimum absolute atomic E-state index is 0.239. The van der Waals surface area contributed by atoms with Crippen LogP contribution < -0.4 is 5.32 Å². The monoisotopic (exact) mass is 1440 g/mol. The lowest BCUT2D eigenvalue weighted by Gasteiger charge is -2.48. The van der Waals surface area contributed by atoms with Crippen molar-refractivity contribution in [3.05, 3.63) is 48.6 Å². The summed E-state index contributed by atoms with van der Waals surface area (Å²) in [6, 6.07) is -0.989. The zero-order valence-electron chi connectivity index (χ0n) is 63.4. The number of hydrogen-bond acceptors (Lipinski definition) is 18. The molecule has 19 nitrogen and oxygen atoms in total. The summed E-state index contributed by atoms with van der Waals surface area (Å²) in [5.74, 6) is -0.280. The van der Waals surface area contributed by atoms with Gasteiger partial charge < -0.3 is 89.9 Å². The first kappa shape index (κ1) is 93.0. The number of aliphatic hydroxyl groups is 11. The van der Waals surface area contributed by atoms with Crippen LogP contribution in [0.25, 0.3) is 0 Å². The van der Waals surface area contributed by atoms with Gasteiger partial charge in [0.2, 0.25) is 5.91 Å². The second-order valence-corrected chi connectivity index (χ2v) is 29.6. The first-order valence-corrected chi connectivity index (χ1v) is 41.4. The predicted molar refractivity (Wildman–Crippen MR) is 402 cm³/mol. The number of aliphatic hydroxyl groups excluding tert-OH is 11. The molecule has 0 saturated carbocycles. The highest BCUT2D eigenvalue weighted by atomic mass is 16.8. The van der Waals surface area contributed by atoms with E-state index in [2.05, 4.69) is 55.6 Å². The van der Waals surface area contributed by atoms with Crippen molar-refractivity contribution in [1.82, 2.24) is 5.32 Å². The number of nitrogens with one attached hydrogen (secondary N) is 1. The third-order valence-electron chi connectivity index (χ3n) is 20.6. The molecule has 1 amide bonds. The lowest BCUT2D eigenvalue weighted by molar-refractivity contribution is -0.379. The number of amides is 1. The van der Waals surface area contributed by atoms with Crippen LogP contribution in [0.4, 0.5) is 0 Å². The lowest BCUT2D eigenvalue weighted by Crippen LogP contribution is -2.66. The summed E-state index contributed by atoms with van der Waals surface area (Å²) in [6.07, 6.45) is 52.7. The number of carbonyl (C=O) groups is 1. The molecule has 0 aromatic heterocycles. The van der Waals surface area contributed by atoms with Gasteiger partial charge in [0, 0.05) is 6.42 Å². The highest BCUT2D eigenvalue weighted by Crippen LogP contribution is 2.33. The van der Waals surface area contributed by atoms with Crippen LogP contribution in [0.5, 0.6) is 0 Å². The second kappa shape index (κ2) is 62.8. The number of allylic oxidation sites excluding steroid dienone is 7. The molecule has 3 aliphatic rings. The van der Waals surface area contributed by atoms with Crippen LogP contribution in [-0.4, -0.2) is 193 Å². The van der Waals surface area contributed by atoms with Gasteiger partial charge in [0.05, 0.1) is 38.6 Å². The maximum absolute atomic E-state index is 13.5. The zero-order valence-corrected chi connectivity index (χ0v) is 63.4. The molecule has 3 fully saturated rings. The summed E-state index contributed by atoms with van der Waals surface area (Å²) in [5.41, 5.74) is 0. The quantitative estimate of drug-likeness (QED) is 0.0199. The fourth-order valence-electron chi connectivity index (χ4n) is 13.9. The lowest BCUT2D eigenvalue weighted by atomic mass is 9.96. The SMILES string of the molecule is CCCCCCC/C=C\C/C=C\CCCCCCCCCCCCCCCCCCCCCCCCCCCCCC(=O)NC(COC1OC(CO)C(OC2OC(CO)C(OC3OC(CO)C(O)C(O)C3O)C(O)C2O)C(O)C1O)C(O)/C=C/CC/C=C/CCCCCCCCCCCCC. The molecule has 17 unspecified atom stereocenters. The molecule has 0 aromatic carbocycles. The molecular formula is C82H151NO18. The molecule has 0 bridgehead atoms. The topological polar surface area (TPSA) is 307 Å². The fourth-order valence-corrected chi connectivity index (χ4v) is 13.9. The molecule has 0 spiro atoms. The van der Waals surface area contributed by atoms with E-state index in [4.69, 9.17) is 28.4 Å². The molecule has 3 saturated heterocycles. The van der Waals surface area contributed by atoms with Gasteiger partial charge in [-0.2, -0.15) is 0 Å². The standard InChI is InChI=1S/C82H151NO18/c1-3-5-7-9-11-13-15-17-19-21-22-23-24-25-26-27-28-29-30-31-32-33-34-35-36-37-38-39-40-41-42-44-46-48-50-52-54-56-58-60-70(88)83-65(66(87)59-57-55-53-51-49-47-45-43-20-18-16-14-12-10-8-6-4-2)64-96-80-76(94)73(91)78(68(62-85)98-80)101-82-77(95)74(92)79(69(63-86)99-82)100-81-75(93)72(90)71(89)67(61-84)97-81/h15,17,21-22,49,51,57,59,65-69,71-82,84-87,89-95H,3-14,16,18-20,23-48,50,52-56,58,60-64H2,1-2H3,(H,83,88)/b17-15-,22-21-,51-49+,59-57+. The average Bonchev–Trinajstić information content (AvgIpc) is 0.792. The van der Waals surface area contributed by atoms with E-state index in [0.29, 0.717) is 12.8 Å². The van der Waals surface area contributed by atoms with Crippen LogP contribution in [-0.2, 0) is 33.2 Å². The van der Waals surface area contributed by atoms with Crippen molar-refractivity contribution >= 4 is 5.91 Å². The van der Waals surface area contributed by atoms with Crippen molar-refractivity contribution in [2.45, 2.75) is 439 Å². The number of unbranched alkanes of at least 4 members (excludes halogenated alkanes) is 44. The van der Waals surface area contributed by atoms with Crippen molar-refractivity contribution in [3.63, 3.8) is 0 Å². The second-order valence-electron chi connectivity index (χ2n) is 29.6. The van der Waals surface area contributed by atoms with E-state index < -0.39 is 124 Å². The zero-order chi connectivity index (χ0) is 73.2. The van der Waals surface area contributed by atoms with Gasteiger partial charge in [-0.3, -0.25) is 4.79 Å². The van der Waals surface area contributed by atoms with Gasteiger partial charge in [-0.25, -0.2) is 0 Å². The maximum atomic E-state index is 13.5. The van der Waals surface area contributed by atoms with E-state index in [0.717, 1.165) is 44.9 Å². The highest BCUT2D eigenvalue weighted by molar-refractivity contribution is 5.76. The van der Waals surface area contributed by atoms with Gasteiger partial charge in [-0.1, -0.05) is 313 Å². The largest absolute Gasteiger partial charge is 0.394 e. The van der Waals surface area contributed by atoms with Gasteiger partial charge in [0.15, 0.2) is 18.9 Å². The van der Waals surface area contributed by atoms with Crippen molar-refractivity contribution in [3.8, 4) is 0 Å². The summed E-state index contributed by atoms with van der Waals surface area (Å²) >= 11 is 0. The molecule has 19 heteroatoms. The molecule has 12 N–H and O–H groups in total. The Labute approximate surface area is 612 Å². The molecule has 0 radical (unpaired) electrons. The third kappa shape index (κ3) is 42.8. The number of ether oxygens (including phenoxy) is 6. The first-order valence-electron chi connectivity index (χ1n) is 41.4.